The molecule has 0 radical (unpaired) electrons. The van der Waals surface area contributed by atoms with Crippen LogP contribution in [0.15, 0.2) is 69.9 Å². The number of aromatic nitrogens is 15. The lowest BCUT2D eigenvalue weighted by atomic mass is 10.1. The van der Waals surface area contributed by atoms with Crippen LogP contribution in [0.3, 0.4) is 0 Å². The first kappa shape index (κ1) is 50.7. The Balaban J connectivity index is 0.000000173. The number of nitrogens with zero attached hydrogens (tertiary/aromatic N) is 15. The number of hydrogen-bond donors (Lipinski definition) is 12. The highest BCUT2D eigenvalue weighted by atomic mass is 32.2. The van der Waals surface area contributed by atoms with Crippen LogP contribution in [0.5, 0.6) is 0 Å². The van der Waals surface area contributed by atoms with E-state index in [4.69, 9.17) is 57.7 Å². The minimum atomic E-state index is -3.44. The number of anilines is 3. The lowest BCUT2D eigenvalue weighted by Gasteiger charge is -2.17. The topological polar surface area (TPSA) is 415 Å². The molecule has 30 nitrogen and oxygen atoms in total. The number of nitrogens with one attached hydrogen (secondary N) is 3. The van der Waals surface area contributed by atoms with Crippen LogP contribution in [0.2, 0.25) is 0 Å². The van der Waals surface area contributed by atoms with Gasteiger partial charge in [0, 0.05) is 85.9 Å². The number of aliphatic hydroxyl groups excluding tert-OH is 7. The largest absolute Gasteiger partial charge is 0.394 e. The Kier molecular flexibility index (Phi) is 16.5. The average molecular weight is 1580 g/mol. The minimum Gasteiger partial charge on any atom is -0.394 e. The molecular weight excluding hydrogens is 1460 g/mol. The smallest absolute Gasteiger partial charge is 0.191 e. The number of aliphatic hydroxyl groups is 9. The number of hydrogen-bond acceptors (Lipinski definition) is 30. The lowest BCUT2D eigenvalue weighted by molar-refractivity contribution is -0.0629. The normalized spacial score (nSPS) is 34.5. The van der Waals surface area contributed by atoms with Gasteiger partial charge < -0.3 is 76.1 Å². The van der Waals surface area contributed by atoms with Crippen molar-refractivity contribution in [2.24, 2.45) is 0 Å². The van der Waals surface area contributed by atoms with Gasteiger partial charge >= 0.3 is 0 Å². The van der Waals surface area contributed by atoms with Crippen molar-refractivity contribution in [2.75, 3.05) is 72.6 Å². The standard InChI is InChI=1S/3C24H31FN6O4S/c3*1-3-8-36-24-27-22(26-16-10-14(16)13-5-4-12(2)15(25)9-13)19-23(28-24)31(30-29-19)17-11-18(35-7-6-32)21(34)20(17)33/h3*4-5,9,14,16-18,20-21,32-34H,3,6-8,10-11H2,1-2H3,(H,26,27,28)/t3*14-,16+,17+,18-,20-,21+/m000/s1/i4D,5D,6D2,7D2,8D2,9D,16D;3D2,4D,5D,6D2,8D2,9D,16D;3D2,4D,5D,8D2,9D,16D. The van der Waals surface area contributed by atoms with Gasteiger partial charge in [-0.2, -0.15) is 0 Å². The van der Waals surface area contributed by atoms with Gasteiger partial charge in [-0.3, -0.25) is 0 Å². The third-order valence-corrected chi connectivity index (χ3v) is 20.4. The molecule has 15 rings (SSSR count). The summed E-state index contributed by atoms with van der Waals surface area (Å²) < 4.78 is 290. The Hall–Kier alpha value is -7.14. The minimum absolute atomic E-state index is 0.00249. The first-order chi connectivity index (χ1) is 62.6. The first-order valence-corrected chi connectivity index (χ1v) is 36.2. The number of halogens is 3. The van der Waals surface area contributed by atoms with Crippen LogP contribution in [0, 0.1) is 38.2 Å². The molecule has 6 aromatic heterocycles. The molecule has 582 valence electrons. The maximum absolute atomic E-state index is 14.7. The van der Waals surface area contributed by atoms with Crippen LogP contribution >= 0.6 is 35.3 Å². The summed E-state index contributed by atoms with van der Waals surface area (Å²) in [5.74, 6) is -5.97. The summed E-state index contributed by atoms with van der Waals surface area (Å²) in [6.07, 6.45) is -17.8. The van der Waals surface area contributed by atoms with Gasteiger partial charge in [0.15, 0.2) is 66.4 Å². The van der Waals surface area contributed by atoms with Gasteiger partial charge in [-0.1, -0.05) is 108 Å². The number of fused-ring (bicyclic) bond motifs is 3. The van der Waals surface area contributed by atoms with Gasteiger partial charge in [0.2, 0.25) is 0 Å². The molecule has 3 aromatic carbocycles. The predicted octanol–water partition coefficient (Wildman–Crippen LogP) is 6.55. The second-order valence-electron chi connectivity index (χ2n) is 25.5. The fourth-order valence-electron chi connectivity index (χ4n) is 12.4. The second kappa shape index (κ2) is 35.1. The van der Waals surface area contributed by atoms with E-state index in [1.165, 1.54) is 25.5 Å². The number of benzene rings is 3. The molecule has 0 unspecified atom stereocenters. The maximum Gasteiger partial charge on any atom is 0.191 e. The van der Waals surface area contributed by atoms with Crippen LogP contribution in [0.4, 0.5) is 30.6 Å². The highest BCUT2D eigenvalue weighted by Gasteiger charge is 2.49. The Morgan fingerprint density at radius 2 is 0.815 bits per heavy atom. The van der Waals surface area contributed by atoms with Crippen LogP contribution in [0.25, 0.3) is 33.5 Å². The number of thioether (sulfide) groups is 3. The molecule has 12 N–H and O–H groups in total. The Morgan fingerprint density at radius 3 is 1.14 bits per heavy atom. The van der Waals surface area contributed by atoms with Crippen molar-refractivity contribution in [3.8, 4) is 0 Å². The Labute approximate surface area is 672 Å². The number of ether oxygens (including phenoxy) is 3. The molecule has 0 bridgehead atoms. The summed E-state index contributed by atoms with van der Waals surface area (Å²) >= 11 is 1.35. The summed E-state index contributed by atoms with van der Waals surface area (Å²) in [7, 11) is 0. The molecule has 0 spiro atoms. The van der Waals surface area contributed by atoms with Crippen LogP contribution in [0.1, 0.15) is 186 Å². The summed E-state index contributed by atoms with van der Waals surface area (Å²) in [6, 6.07) is -12.2. The third-order valence-electron chi connectivity index (χ3n) is 18.3. The van der Waals surface area contributed by atoms with E-state index in [9.17, 15) is 54.0 Å². The molecule has 6 aliphatic rings. The molecule has 6 fully saturated rings. The zero-order chi connectivity index (χ0) is 101. The van der Waals surface area contributed by atoms with Crippen molar-refractivity contribution in [3.05, 3.63) is 105 Å². The van der Waals surface area contributed by atoms with Crippen LogP contribution in [-0.2, 0) is 14.2 Å². The van der Waals surface area contributed by atoms with Crippen molar-refractivity contribution < 1.29 is 112 Å². The van der Waals surface area contributed by atoms with Crippen LogP contribution in [-0.4, -0.2) is 250 Å². The third kappa shape index (κ3) is 17.5. The van der Waals surface area contributed by atoms with Gasteiger partial charge in [0.05, 0.1) is 101 Å². The first-order valence-electron chi connectivity index (χ1n) is 47.7. The van der Waals surface area contributed by atoms with E-state index in [0.717, 1.165) is 23.2 Å². The van der Waals surface area contributed by atoms with E-state index in [-0.39, 0.29) is 176 Å². The molecule has 18 atom stereocenters. The zero-order valence-corrected chi connectivity index (χ0v) is 60.5. The molecule has 108 heavy (non-hydrogen) atoms. The van der Waals surface area contributed by atoms with E-state index < -0.39 is 219 Å². The van der Waals surface area contributed by atoms with Crippen molar-refractivity contribution in [1.82, 2.24) is 74.9 Å². The molecule has 6 aliphatic carbocycles. The predicted molar refractivity (Wildman–Crippen MR) is 398 cm³/mol. The van der Waals surface area contributed by atoms with E-state index in [2.05, 4.69) is 76.8 Å². The van der Waals surface area contributed by atoms with Crippen molar-refractivity contribution in [1.29, 1.82) is 0 Å². The lowest BCUT2D eigenvalue weighted by Crippen LogP contribution is -2.33. The average Bonchev–Trinajstić information content (AvgIpc) is 1.57. The maximum atomic E-state index is 14.7. The van der Waals surface area contributed by atoms with Gasteiger partial charge in [-0.25, -0.2) is 57.1 Å². The molecule has 36 heteroatoms. The summed E-state index contributed by atoms with van der Waals surface area (Å²) in [5.41, 5.74) is -8.13. The van der Waals surface area contributed by atoms with E-state index in [1.807, 2.05) is 0 Å². The zero-order valence-electron chi connectivity index (χ0n) is 86.0. The quantitative estimate of drug-likeness (QED) is 0.0168. The van der Waals surface area contributed by atoms with Gasteiger partial charge in [-0.05, 0) is 111 Å². The summed E-state index contributed by atoms with van der Waals surface area (Å²) in [4.78, 5) is 26.0. The van der Waals surface area contributed by atoms with Crippen molar-refractivity contribution in [2.45, 2.75) is 224 Å². The highest BCUT2D eigenvalue weighted by molar-refractivity contribution is 7.99. The molecule has 9 aromatic rings. The van der Waals surface area contributed by atoms with E-state index >= 15 is 0 Å². The summed E-state index contributed by atoms with van der Waals surface area (Å²) in [5, 5.41) is 124. The molecule has 0 amide bonds. The monoisotopic (exact) mass is 1580 g/mol. The Morgan fingerprint density at radius 1 is 0.472 bits per heavy atom. The Bertz CT molecular complexity index is 6000. The van der Waals surface area contributed by atoms with Crippen molar-refractivity contribution >= 4 is 86.2 Å². The molecule has 0 aliphatic heterocycles. The van der Waals surface area contributed by atoms with Crippen molar-refractivity contribution in [3.63, 3.8) is 0 Å². The second-order valence-corrected chi connectivity index (χ2v) is 27.9. The molecular formula is C72H93F3N18O12S3. The number of rotatable bonds is 30. The van der Waals surface area contributed by atoms with E-state index in [0.29, 0.717) is 35.3 Å². The summed E-state index contributed by atoms with van der Waals surface area (Å²) in [6.45, 7) is -3.00. The SMILES string of the molecule is [2H]c1c([2H])c([C@@H]2C[C@@]2([2H])Nc2nc(SC([2H])([2H])C([2H])([2H])C)nc3c2nnn3[C@@H]2C[C@H](OCC([2H])([2H])O)[C@@H](O)[C@H]2O)c([2H])c(F)c1C.[2H]c1c([2H])c([C@@H]2C[C@@]2([2H])Nc2nc(SC([2H])([2H])C([2H])([2H])C)nc3c2nnn3[C@@H]2C[C@H](OCCO)[C@@H](O)[C@H]2O)c([2H])c(F)c1C.[2H]c1c([2H])c([C@@H]2C[C@@]2([2H])Nc2nc(SC([2H])([2H])CC)nc3c2nnn3[C@@H]2C[C@H](OC([2H])([2H])C([2H])([2H])O)[C@@H](O)[C@H]2O)c([2H])c(F)c1C. The fraction of sp³-hybridized carbons (Fsp3) is 0.583. The van der Waals surface area contributed by atoms with Gasteiger partial charge in [0.1, 0.15) is 54.1 Å². The fourth-order valence-corrected chi connectivity index (χ4v) is 13.9. The van der Waals surface area contributed by atoms with Gasteiger partial charge in [-0.15, -0.1) is 15.3 Å². The molecule has 6 saturated carbocycles. The van der Waals surface area contributed by atoms with E-state index in [1.54, 1.807) is 6.92 Å². The molecule has 0 saturated heterocycles. The highest BCUT2D eigenvalue weighted by Crippen LogP contribution is 2.48. The van der Waals surface area contributed by atoms with Crippen LogP contribution < -0.4 is 16.0 Å². The molecule has 6 heterocycles. The van der Waals surface area contributed by atoms with Gasteiger partial charge in [0.25, 0.3) is 0 Å².